The standard InChI is InChI=1S/2C21H18N4O8S2.2H3N/c2*1-11-17(20(26)23-22-11)19(13-3-7-15(8-4-13)34(28,29)30)18-12(2)24-25(21(18)27)14-5-9-16(10-6-14)35(31,32)33;;/h2*3-10H,1-2H3,(H2,22,23,26)(H,28,29,30)(H,31,32,33);2*1H3. The fraction of sp³-hybridized carbons (Fsp3) is 0.0952. The number of amides is 2. The molecule has 72 heavy (non-hydrogen) atoms. The number of aromatic hydroxyl groups is 2. The highest BCUT2D eigenvalue weighted by Crippen LogP contribution is 2.40. The Morgan fingerprint density at radius 2 is 0.694 bits per heavy atom. The van der Waals surface area contributed by atoms with E-state index in [4.69, 9.17) is 0 Å². The first-order valence-electron chi connectivity index (χ1n) is 19.7. The summed E-state index contributed by atoms with van der Waals surface area (Å²) in [6, 6.07) is 19.7. The smallest absolute Gasteiger partial charge is 0.294 e. The molecule has 0 unspecified atom stereocenters. The van der Waals surface area contributed by atoms with E-state index in [1.807, 2.05) is 0 Å². The Morgan fingerprint density at radius 3 is 0.917 bits per heavy atom. The van der Waals surface area contributed by atoms with E-state index in [9.17, 15) is 71.7 Å². The summed E-state index contributed by atoms with van der Waals surface area (Å²) in [5.74, 6) is -1.90. The summed E-state index contributed by atoms with van der Waals surface area (Å²) < 4.78 is 128. The summed E-state index contributed by atoms with van der Waals surface area (Å²) in [6.07, 6.45) is 0. The Labute approximate surface area is 409 Å². The molecule has 30 heteroatoms. The summed E-state index contributed by atoms with van der Waals surface area (Å²) >= 11 is 0. The third-order valence-electron chi connectivity index (χ3n) is 10.5. The lowest BCUT2D eigenvalue weighted by Crippen LogP contribution is -2.22. The zero-order valence-electron chi connectivity index (χ0n) is 37.7. The summed E-state index contributed by atoms with van der Waals surface area (Å²) in [5, 5.41) is 44.2. The first kappa shape index (κ1) is 55.2. The van der Waals surface area contributed by atoms with Gasteiger partial charge in [0, 0.05) is 11.1 Å². The minimum atomic E-state index is -4.46. The van der Waals surface area contributed by atoms with Crippen molar-refractivity contribution >= 4 is 86.2 Å². The zero-order chi connectivity index (χ0) is 51.4. The second-order valence-electron chi connectivity index (χ2n) is 15.1. The van der Waals surface area contributed by atoms with Gasteiger partial charge in [0.2, 0.25) is 11.8 Å². The number of benzene rings is 4. The molecule has 4 aromatic carbocycles. The Morgan fingerprint density at radius 1 is 0.444 bits per heavy atom. The van der Waals surface area contributed by atoms with Crippen LogP contribution in [-0.2, 0) is 50.1 Å². The van der Waals surface area contributed by atoms with E-state index in [0.29, 0.717) is 22.5 Å². The number of nitrogens with zero attached hydrogens (tertiary/aromatic N) is 6. The lowest BCUT2D eigenvalue weighted by atomic mass is 9.91. The normalized spacial score (nSPS) is 15.5. The number of nitrogens with one attached hydrogen (secondary N) is 2. The van der Waals surface area contributed by atoms with Crippen LogP contribution in [0.1, 0.15) is 47.5 Å². The molecule has 2 aliphatic heterocycles. The number of hydrazone groups is 2. The average molecular weight is 1070 g/mol. The molecule has 0 spiro atoms. The number of hydrogen-bond donors (Lipinski definition) is 10. The maximum Gasteiger partial charge on any atom is 0.294 e. The molecule has 4 heterocycles. The SMILES string of the molecule is CC1=NN(c2ccc(S(=O)(=O)O)cc2)C(=O)C1=C(c1ccc(S(=O)(=O)O)cc1)c1c(C)n[nH]c1O.CC1=NN(c2ccc(S(=O)(=O)O)cc2)C(=O)C1=C(c1ccc(S(=O)(=O)O)cc1)c1c(C)n[nH]c1O.N.N. The van der Waals surface area contributed by atoms with Gasteiger partial charge < -0.3 is 22.5 Å². The second-order valence-corrected chi connectivity index (χ2v) is 20.8. The summed E-state index contributed by atoms with van der Waals surface area (Å²) in [4.78, 5) is 25.6. The number of carbonyl (C=O) groups excluding carboxylic acids is 2. The van der Waals surface area contributed by atoms with Crippen LogP contribution in [0.5, 0.6) is 11.8 Å². The highest BCUT2D eigenvalue weighted by molar-refractivity contribution is 7.86. The van der Waals surface area contributed by atoms with Crippen molar-refractivity contribution in [3.05, 3.63) is 142 Å². The van der Waals surface area contributed by atoms with E-state index in [1.54, 1.807) is 27.7 Å². The predicted octanol–water partition coefficient (Wildman–Crippen LogP) is 4.61. The lowest BCUT2D eigenvalue weighted by Gasteiger charge is -2.15. The fourth-order valence-corrected chi connectivity index (χ4v) is 9.23. The minimum absolute atomic E-state index is 0. The van der Waals surface area contributed by atoms with Gasteiger partial charge >= 0.3 is 0 Å². The highest BCUT2D eigenvalue weighted by atomic mass is 32.2. The van der Waals surface area contributed by atoms with Crippen LogP contribution in [0.2, 0.25) is 0 Å². The van der Waals surface area contributed by atoms with Crippen molar-refractivity contribution in [2.24, 2.45) is 10.2 Å². The number of aromatic amines is 2. The maximum atomic E-state index is 13.5. The van der Waals surface area contributed by atoms with Gasteiger partial charge in [-0.1, -0.05) is 24.3 Å². The van der Waals surface area contributed by atoms with Gasteiger partial charge in [-0.2, -0.15) is 64.1 Å². The Balaban J connectivity index is 0.000000260. The highest BCUT2D eigenvalue weighted by Gasteiger charge is 2.36. The molecule has 8 rings (SSSR count). The Hall–Kier alpha value is -7.78. The lowest BCUT2D eigenvalue weighted by molar-refractivity contribution is -0.115. The topological polar surface area (TPSA) is 451 Å². The van der Waals surface area contributed by atoms with Crippen LogP contribution >= 0.6 is 0 Å². The first-order valence-corrected chi connectivity index (χ1v) is 25.4. The van der Waals surface area contributed by atoms with Gasteiger partial charge in [0.1, 0.15) is 0 Å². The Bertz CT molecular complexity index is 3450. The minimum Gasteiger partial charge on any atom is -0.493 e. The monoisotopic (exact) mass is 1070 g/mol. The third kappa shape index (κ3) is 10.9. The maximum absolute atomic E-state index is 13.5. The summed E-state index contributed by atoms with van der Waals surface area (Å²) in [7, 11) is -17.8. The van der Waals surface area contributed by atoms with Crippen LogP contribution in [0, 0.1) is 13.8 Å². The third-order valence-corrected chi connectivity index (χ3v) is 14.0. The molecule has 0 fully saturated rings. The second kappa shape index (κ2) is 20.1. The first-order chi connectivity index (χ1) is 32.6. The van der Waals surface area contributed by atoms with Crippen molar-refractivity contribution in [1.29, 1.82) is 0 Å². The molecule has 2 amide bonds. The number of H-pyrrole nitrogens is 2. The number of anilines is 2. The molecule has 14 N–H and O–H groups in total. The number of hydrogen-bond acceptors (Lipinski definition) is 18. The van der Waals surface area contributed by atoms with E-state index in [-0.39, 0.29) is 99.9 Å². The summed E-state index contributed by atoms with van der Waals surface area (Å²) in [6.45, 7) is 6.30. The van der Waals surface area contributed by atoms with Crippen molar-refractivity contribution in [2.75, 3.05) is 10.0 Å². The molecule has 26 nitrogen and oxygen atoms in total. The van der Waals surface area contributed by atoms with Gasteiger partial charge in [-0.15, -0.1) is 0 Å². The molecular weight excluding hydrogens is 1030 g/mol. The van der Waals surface area contributed by atoms with Gasteiger partial charge in [-0.25, -0.2) is 10.2 Å². The van der Waals surface area contributed by atoms with E-state index in [1.165, 1.54) is 48.5 Å². The van der Waals surface area contributed by atoms with E-state index < -0.39 is 52.3 Å². The number of aryl methyl sites for hydroxylation is 2. The number of aromatic nitrogens is 4. The van der Waals surface area contributed by atoms with Gasteiger partial charge in [0.25, 0.3) is 52.3 Å². The van der Waals surface area contributed by atoms with E-state index >= 15 is 0 Å². The molecule has 0 aliphatic carbocycles. The molecule has 0 saturated carbocycles. The molecule has 2 aromatic heterocycles. The number of rotatable bonds is 10. The van der Waals surface area contributed by atoms with Crippen LogP contribution in [0.25, 0.3) is 11.1 Å². The van der Waals surface area contributed by atoms with Gasteiger partial charge in [-0.3, -0.25) is 27.8 Å². The van der Waals surface area contributed by atoms with Crippen LogP contribution < -0.4 is 22.3 Å². The quantitative estimate of drug-likeness (QED) is 0.0661. The molecule has 380 valence electrons. The van der Waals surface area contributed by atoms with Crippen LogP contribution in [0.4, 0.5) is 11.4 Å². The van der Waals surface area contributed by atoms with Gasteiger partial charge in [-0.05, 0) is 112 Å². The van der Waals surface area contributed by atoms with Crippen LogP contribution in [0.15, 0.2) is 138 Å². The fourth-order valence-electron chi connectivity index (χ4n) is 7.31. The number of carbonyl (C=O) groups is 2. The molecule has 0 bridgehead atoms. The van der Waals surface area contributed by atoms with Gasteiger partial charge in [0.15, 0.2) is 0 Å². The van der Waals surface area contributed by atoms with Crippen molar-refractivity contribution in [1.82, 2.24) is 32.7 Å². The molecule has 0 saturated heterocycles. The zero-order valence-corrected chi connectivity index (χ0v) is 41.0. The predicted molar refractivity (Wildman–Crippen MR) is 258 cm³/mol. The van der Waals surface area contributed by atoms with Gasteiger partial charge in [0.05, 0.1) is 76.0 Å². The summed E-state index contributed by atoms with van der Waals surface area (Å²) in [5.41, 5.74) is 3.22. The molecular formula is C42H42N10O16S4. The van der Waals surface area contributed by atoms with E-state index in [2.05, 4.69) is 30.6 Å². The van der Waals surface area contributed by atoms with Crippen LogP contribution in [-0.4, -0.2) is 106 Å². The van der Waals surface area contributed by atoms with Crippen molar-refractivity contribution in [3.63, 3.8) is 0 Å². The molecule has 2 aliphatic rings. The van der Waals surface area contributed by atoms with Crippen LogP contribution in [0.3, 0.4) is 0 Å². The molecule has 0 atom stereocenters. The average Bonchev–Trinajstić information content (AvgIpc) is 3.99. The Kier molecular flexibility index (Phi) is 15.4. The van der Waals surface area contributed by atoms with Crippen molar-refractivity contribution in [2.45, 2.75) is 47.3 Å². The van der Waals surface area contributed by atoms with Crippen molar-refractivity contribution < 1.29 is 71.7 Å². The van der Waals surface area contributed by atoms with E-state index in [0.717, 1.165) is 58.5 Å². The molecule has 6 aromatic rings. The molecule has 0 radical (unpaired) electrons. The largest absolute Gasteiger partial charge is 0.493 e. The van der Waals surface area contributed by atoms with Crippen molar-refractivity contribution in [3.8, 4) is 11.8 Å².